The molecule has 1 amide bonds. The van der Waals surface area contributed by atoms with Crippen LogP contribution in [0.5, 0.6) is 0 Å². The summed E-state index contributed by atoms with van der Waals surface area (Å²) in [6.45, 7) is 4.98. The van der Waals surface area contributed by atoms with E-state index in [0.717, 1.165) is 44.9 Å². The van der Waals surface area contributed by atoms with E-state index in [-0.39, 0.29) is 18.5 Å². The van der Waals surface area contributed by atoms with Crippen molar-refractivity contribution >= 4 is 11.9 Å². The highest BCUT2D eigenvalue weighted by molar-refractivity contribution is 5.76. The summed E-state index contributed by atoms with van der Waals surface area (Å²) < 4.78 is 5.49. The van der Waals surface area contributed by atoms with Crippen molar-refractivity contribution in [2.24, 2.45) is 0 Å². The Morgan fingerprint density at radius 1 is 0.351 bits per heavy atom. The zero-order valence-electron chi connectivity index (χ0n) is 52.5. The third kappa shape index (κ3) is 63.6. The Bertz CT molecular complexity index is 1160. The van der Waals surface area contributed by atoms with E-state index in [1.165, 1.54) is 327 Å². The first-order chi connectivity index (χ1) is 38.0. The fourth-order valence-corrected chi connectivity index (χ4v) is 11.4. The quantitative estimate of drug-likeness (QED) is 0.0320. The molecule has 0 radical (unpaired) electrons. The predicted molar refractivity (Wildman–Crippen MR) is 338 cm³/mol. The molecule has 458 valence electrons. The lowest BCUT2D eigenvalue weighted by atomic mass is 10.0. The van der Waals surface area contributed by atoms with Gasteiger partial charge in [0.2, 0.25) is 5.91 Å². The molecule has 2 unspecified atom stereocenters. The molecule has 0 fully saturated rings. The second kappa shape index (κ2) is 67.1. The topological polar surface area (TPSA) is 95.9 Å². The zero-order valence-corrected chi connectivity index (χ0v) is 52.5. The number of rotatable bonds is 67. The smallest absolute Gasteiger partial charge is 0.305 e. The maximum absolute atomic E-state index is 12.5. The number of amides is 1. The van der Waals surface area contributed by atoms with Crippen LogP contribution in [0.1, 0.15) is 406 Å². The number of unbranched alkanes of at least 4 members (excludes halogenated alkanes) is 54. The SMILES string of the molecule is CCCCCCCC/C=C\CCCCCCCC(=O)OCCCCCCCCCCCCCCCCCCCCCCCCCCCCCCCCCCC(=O)NC(CO)C(O)CCCCCCCCCCCCCCC. The third-order valence-electron chi connectivity index (χ3n) is 16.8. The first-order valence-corrected chi connectivity index (χ1v) is 35.4. The molecule has 6 nitrogen and oxygen atoms in total. The van der Waals surface area contributed by atoms with Crippen molar-refractivity contribution in [1.82, 2.24) is 5.32 Å². The van der Waals surface area contributed by atoms with E-state index in [2.05, 4.69) is 31.3 Å². The molecular formula is C71H139NO5. The van der Waals surface area contributed by atoms with Gasteiger partial charge in [0.25, 0.3) is 0 Å². The van der Waals surface area contributed by atoms with Gasteiger partial charge >= 0.3 is 5.97 Å². The van der Waals surface area contributed by atoms with Gasteiger partial charge in [-0.3, -0.25) is 9.59 Å². The average molecular weight is 1090 g/mol. The number of carbonyl (C=O) groups is 2. The highest BCUT2D eigenvalue weighted by Gasteiger charge is 2.20. The fourth-order valence-electron chi connectivity index (χ4n) is 11.4. The molecule has 0 aromatic heterocycles. The van der Waals surface area contributed by atoms with Gasteiger partial charge in [0.05, 0.1) is 25.4 Å². The van der Waals surface area contributed by atoms with Crippen LogP contribution in [0, 0.1) is 0 Å². The van der Waals surface area contributed by atoms with E-state index in [1.54, 1.807) is 0 Å². The van der Waals surface area contributed by atoms with Gasteiger partial charge in [0.1, 0.15) is 0 Å². The van der Waals surface area contributed by atoms with Gasteiger partial charge in [-0.05, 0) is 51.4 Å². The first kappa shape index (κ1) is 75.6. The van der Waals surface area contributed by atoms with Gasteiger partial charge in [-0.1, -0.05) is 353 Å². The summed E-state index contributed by atoms with van der Waals surface area (Å²) in [6, 6.07) is -0.536. The molecule has 3 N–H and O–H groups in total. The van der Waals surface area contributed by atoms with E-state index in [9.17, 15) is 19.8 Å². The second-order valence-corrected chi connectivity index (χ2v) is 24.6. The summed E-state index contributed by atoms with van der Waals surface area (Å²) in [5.74, 6) is -0.0139. The molecule has 77 heavy (non-hydrogen) atoms. The standard InChI is InChI=1S/C71H139NO5/c1-3-5-7-9-11-13-15-17-36-41-45-49-53-57-61-65-71(76)77-66-62-58-54-50-46-42-38-35-33-31-29-27-25-23-21-19-18-20-22-24-26-28-30-32-34-37-40-44-48-52-56-60-64-70(75)72-68(67-73)69(74)63-59-55-51-47-43-39-16-14-12-10-8-6-4-2/h17,36,68-69,73-74H,3-16,18-35,37-67H2,1-2H3,(H,72,75)/b36-17-. The predicted octanol–water partition coefficient (Wildman–Crippen LogP) is 22.8. The van der Waals surface area contributed by atoms with E-state index in [1.807, 2.05) is 0 Å². The number of esters is 1. The molecule has 0 heterocycles. The summed E-state index contributed by atoms with van der Waals surface area (Å²) in [6.07, 6.45) is 82.7. The lowest BCUT2D eigenvalue weighted by Gasteiger charge is -2.22. The lowest BCUT2D eigenvalue weighted by molar-refractivity contribution is -0.143. The normalized spacial score (nSPS) is 12.5. The molecule has 0 aliphatic rings. The molecule has 2 atom stereocenters. The molecule has 0 saturated carbocycles. The van der Waals surface area contributed by atoms with Crippen LogP contribution in [0.15, 0.2) is 12.2 Å². The number of ether oxygens (including phenoxy) is 1. The maximum atomic E-state index is 12.5. The Morgan fingerprint density at radius 2 is 0.610 bits per heavy atom. The van der Waals surface area contributed by atoms with Crippen LogP contribution in [-0.4, -0.2) is 47.4 Å². The van der Waals surface area contributed by atoms with Gasteiger partial charge in [-0.15, -0.1) is 0 Å². The van der Waals surface area contributed by atoms with Crippen LogP contribution in [0.3, 0.4) is 0 Å². The first-order valence-electron chi connectivity index (χ1n) is 35.4. The van der Waals surface area contributed by atoms with Gasteiger partial charge in [0.15, 0.2) is 0 Å². The van der Waals surface area contributed by atoms with Crippen molar-refractivity contribution in [2.45, 2.75) is 418 Å². The summed E-state index contributed by atoms with van der Waals surface area (Å²) >= 11 is 0. The minimum Gasteiger partial charge on any atom is -0.466 e. The fraction of sp³-hybridized carbons (Fsp3) is 0.944. The lowest BCUT2D eigenvalue weighted by Crippen LogP contribution is -2.45. The Hall–Kier alpha value is -1.40. The maximum Gasteiger partial charge on any atom is 0.305 e. The Kier molecular flexibility index (Phi) is 65.9. The highest BCUT2D eigenvalue weighted by atomic mass is 16.5. The largest absolute Gasteiger partial charge is 0.466 e. The molecule has 0 saturated heterocycles. The molecule has 0 rings (SSSR count). The van der Waals surface area contributed by atoms with Crippen molar-refractivity contribution in [3.63, 3.8) is 0 Å². The zero-order chi connectivity index (χ0) is 55.7. The van der Waals surface area contributed by atoms with Crippen LogP contribution in [0.2, 0.25) is 0 Å². The third-order valence-corrected chi connectivity index (χ3v) is 16.8. The number of aliphatic hydroxyl groups is 2. The number of hydrogen-bond acceptors (Lipinski definition) is 5. The van der Waals surface area contributed by atoms with E-state index in [0.29, 0.717) is 25.9 Å². The van der Waals surface area contributed by atoms with Crippen LogP contribution >= 0.6 is 0 Å². The van der Waals surface area contributed by atoms with Crippen LogP contribution in [-0.2, 0) is 14.3 Å². The molecule has 0 bridgehead atoms. The number of nitrogens with one attached hydrogen (secondary N) is 1. The van der Waals surface area contributed by atoms with Crippen molar-refractivity contribution in [1.29, 1.82) is 0 Å². The molecule has 0 aliphatic heterocycles. The molecular weight excluding hydrogens is 947 g/mol. The van der Waals surface area contributed by atoms with E-state index < -0.39 is 12.1 Å². The molecule has 6 heteroatoms. The monoisotopic (exact) mass is 1090 g/mol. The summed E-state index contributed by atoms with van der Waals surface area (Å²) in [4.78, 5) is 24.6. The van der Waals surface area contributed by atoms with Crippen molar-refractivity contribution < 1.29 is 24.5 Å². The van der Waals surface area contributed by atoms with E-state index in [4.69, 9.17) is 4.74 Å². The van der Waals surface area contributed by atoms with Crippen LogP contribution in [0.4, 0.5) is 0 Å². The summed E-state index contributed by atoms with van der Waals surface area (Å²) in [5, 5.41) is 23.3. The summed E-state index contributed by atoms with van der Waals surface area (Å²) in [7, 11) is 0. The number of aliphatic hydroxyl groups excluding tert-OH is 2. The highest BCUT2D eigenvalue weighted by Crippen LogP contribution is 2.19. The van der Waals surface area contributed by atoms with Crippen LogP contribution in [0.25, 0.3) is 0 Å². The number of carbonyl (C=O) groups excluding carboxylic acids is 2. The second-order valence-electron chi connectivity index (χ2n) is 24.6. The Morgan fingerprint density at radius 3 is 0.922 bits per heavy atom. The molecule has 0 aliphatic carbocycles. The Balaban J connectivity index is 3.30. The van der Waals surface area contributed by atoms with Crippen molar-refractivity contribution in [2.75, 3.05) is 13.2 Å². The molecule has 0 spiro atoms. The number of hydrogen-bond donors (Lipinski definition) is 3. The minimum absolute atomic E-state index is 0.0141. The number of allylic oxidation sites excluding steroid dienone is 2. The average Bonchev–Trinajstić information content (AvgIpc) is 3.43. The molecule has 0 aromatic rings. The minimum atomic E-state index is -0.659. The van der Waals surface area contributed by atoms with Crippen molar-refractivity contribution in [3.8, 4) is 0 Å². The van der Waals surface area contributed by atoms with Gasteiger partial charge < -0.3 is 20.3 Å². The summed E-state index contributed by atoms with van der Waals surface area (Å²) in [5.41, 5.74) is 0. The van der Waals surface area contributed by atoms with Gasteiger partial charge in [0, 0.05) is 12.8 Å². The van der Waals surface area contributed by atoms with Gasteiger partial charge in [-0.2, -0.15) is 0 Å². The van der Waals surface area contributed by atoms with Crippen molar-refractivity contribution in [3.05, 3.63) is 12.2 Å². The van der Waals surface area contributed by atoms with Gasteiger partial charge in [-0.25, -0.2) is 0 Å². The van der Waals surface area contributed by atoms with E-state index >= 15 is 0 Å². The Labute approximate surface area is 482 Å². The molecule has 0 aromatic carbocycles. The van der Waals surface area contributed by atoms with Crippen LogP contribution < -0.4 is 5.32 Å².